The van der Waals surface area contributed by atoms with Crippen LogP contribution in [0.15, 0.2) is 82.6 Å². The molecule has 0 saturated carbocycles. The first kappa shape index (κ1) is 15.3. The van der Waals surface area contributed by atoms with Crippen molar-refractivity contribution < 1.29 is 0 Å². The Morgan fingerprint density at radius 3 is 2.12 bits per heavy atom. The number of para-hydroxylation sites is 2. The lowest BCUT2D eigenvalue weighted by Gasteiger charge is -2.34. The van der Waals surface area contributed by atoms with Gasteiger partial charge in [-0.1, -0.05) is 68.9 Å². The molecule has 120 valence electrons. The van der Waals surface area contributed by atoms with Gasteiger partial charge in [-0.2, -0.15) is 0 Å². The number of benzene rings is 3. The van der Waals surface area contributed by atoms with Crippen molar-refractivity contribution in [1.82, 2.24) is 0 Å². The highest BCUT2D eigenvalue weighted by Gasteiger charge is 2.26. The van der Waals surface area contributed by atoms with Gasteiger partial charge in [0.25, 0.3) is 0 Å². The van der Waals surface area contributed by atoms with Crippen molar-refractivity contribution in [2.45, 2.75) is 36.0 Å². The Morgan fingerprint density at radius 1 is 0.708 bits per heavy atom. The molecule has 3 aromatic rings. The highest BCUT2D eigenvalue weighted by atomic mass is 32.2. The lowest BCUT2D eigenvalue weighted by atomic mass is 9.87. The minimum Gasteiger partial charge on any atom is -0.308 e. The zero-order valence-corrected chi connectivity index (χ0v) is 15.1. The first-order valence-corrected chi connectivity index (χ1v) is 9.12. The molecule has 0 aliphatic carbocycles. The molecule has 1 aliphatic rings. The molecule has 1 nitrogen and oxygen atoms in total. The van der Waals surface area contributed by atoms with Gasteiger partial charge in [-0.25, -0.2) is 0 Å². The smallest absolute Gasteiger partial charge is 0.0601 e. The van der Waals surface area contributed by atoms with E-state index in [0.29, 0.717) is 0 Å². The highest BCUT2D eigenvalue weighted by Crippen LogP contribution is 2.51. The molecule has 0 saturated heterocycles. The minimum atomic E-state index is 0.157. The van der Waals surface area contributed by atoms with Crippen molar-refractivity contribution in [2.24, 2.45) is 0 Å². The molecule has 2 heteroatoms. The van der Waals surface area contributed by atoms with E-state index in [1.807, 2.05) is 11.8 Å². The average Bonchev–Trinajstić information content (AvgIpc) is 2.59. The summed E-state index contributed by atoms with van der Waals surface area (Å²) in [6, 6.07) is 26.2. The van der Waals surface area contributed by atoms with Crippen molar-refractivity contribution in [3.8, 4) is 0 Å². The van der Waals surface area contributed by atoms with Crippen molar-refractivity contribution >= 4 is 28.8 Å². The quantitative estimate of drug-likeness (QED) is 0.372. The van der Waals surface area contributed by atoms with Gasteiger partial charge in [-0.15, -0.1) is 0 Å². The average molecular weight is 331 g/mol. The van der Waals surface area contributed by atoms with Crippen LogP contribution in [0.5, 0.6) is 0 Å². The zero-order valence-electron chi connectivity index (χ0n) is 14.3. The number of anilines is 3. The maximum absolute atomic E-state index is 2.37. The Hall–Kier alpha value is -2.19. The van der Waals surface area contributed by atoms with E-state index in [-0.39, 0.29) is 5.41 Å². The topological polar surface area (TPSA) is 3.24 Å². The predicted octanol–water partition coefficient (Wildman–Crippen LogP) is 6.92. The molecule has 0 radical (unpaired) electrons. The first-order chi connectivity index (χ1) is 11.5. The Morgan fingerprint density at radius 2 is 1.38 bits per heavy atom. The first-order valence-electron chi connectivity index (χ1n) is 8.31. The fourth-order valence-electron chi connectivity index (χ4n) is 3.08. The van der Waals surface area contributed by atoms with Gasteiger partial charge in [-0.05, 0) is 47.4 Å². The number of fused-ring (bicyclic) bond motifs is 2. The van der Waals surface area contributed by atoms with E-state index < -0.39 is 0 Å². The Labute approximate surface area is 148 Å². The summed E-state index contributed by atoms with van der Waals surface area (Å²) < 4.78 is 0. The summed E-state index contributed by atoms with van der Waals surface area (Å²) in [5.41, 5.74) is 5.25. The van der Waals surface area contributed by atoms with Gasteiger partial charge in [0.05, 0.1) is 11.4 Å². The summed E-state index contributed by atoms with van der Waals surface area (Å²) in [4.78, 5) is 5.00. The molecule has 3 aromatic carbocycles. The Balaban J connectivity index is 1.92. The number of rotatable bonds is 1. The summed E-state index contributed by atoms with van der Waals surface area (Å²) in [6.45, 7) is 6.81. The van der Waals surface area contributed by atoms with Crippen molar-refractivity contribution in [3.05, 3.63) is 78.4 Å². The predicted molar refractivity (Wildman–Crippen MR) is 104 cm³/mol. The molecule has 0 N–H and O–H groups in total. The van der Waals surface area contributed by atoms with E-state index in [1.165, 1.54) is 32.4 Å². The van der Waals surface area contributed by atoms with E-state index in [9.17, 15) is 0 Å². The maximum Gasteiger partial charge on any atom is 0.0601 e. The molecule has 0 atom stereocenters. The molecule has 0 aromatic heterocycles. The van der Waals surface area contributed by atoms with Gasteiger partial charge in [0.2, 0.25) is 0 Å². The molecule has 0 unspecified atom stereocenters. The van der Waals surface area contributed by atoms with Gasteiger partial charge in [0.15, 0.2) is 0 Å². The summed E-state index contributed by atoms with van der Waals surface area (Å²) >= 11 is 1.87. The third kappa shape index (κ3) is 2.61. The molecule has 0 fully saturated rings. The second-order valence-electron chi connectivity index (χ2n) is 7.17. The summed E-state index contributed by atoms with van der Waals surface area (Å²) in [5.74, 6) is 0. The van der Waals surface area contributed by atoms with Crippen LogP contribution in [0.2, 0.25) is 0 Å². The lowest BCUT2D eigenvalue weighted by molar-refractivity contribution is 0.588. The van der Waals surface area contributed by atoms with Gasteiger partial charge in [0, 0.05) is 15.5 Å². The van der Waals surface area contributed by atoms with E-state index in [1.54, 1.807) is 0 Å². The van der Waals surface area contributed by atoms with Crippen LogP contribution in [0.4, 0.5) is 17.1 Å². The van der Waals surface area contributed by atoms with Gasteiger partial charge in [-0.3, -0.25) is 0 Å². The monoisotopic (exact) mass is 331 g/mol. The molecule has 1 heterocycles. The van der Waals surface area contributed by atoms with Gasteiger partial charge in [0.1, 0.15) is 0 Å². The second-order valence-corrected chi connectivity index (χ2v) is 8.26. The molecule has 4 rings (SSSR count). The fraction of sp³-hybridized carbons (Fsp3) is 0.182. The third-order valence-electron chi connectivity index (χ3n) is 4.41. The molecule has 0 spiro atoms. The number of hydrogen-bond acceptors (Lipinski definition) is 2. The van der Waals surface area contributed by atoms with Crippen LogP contribution in [0.3, 0.4) is 0 Å². The molecule has 0 amide bonds. The second kappa shape index (κ2) is 5.71. The van der Waals surface area contributed by atoms with Crippen LogP contribution in [-0.2, 0) is 5.41 Å². The highest BCUT2D eigenvalue weighted by molar-refractivity contribution is 7.99. The van der Waals surface area contributed by atoms with Crippen LogP contribution in [0, 0.1) is 0 Å². The van der Waals surface area contributed by atoms with Crippen molar-refractivity contribution in [3.63, 3.8) is 0 Å². The Kier molecular flexibility index (Phi) is 3.65. The summed E-state index contributed by atoms with van der Waals surface area (Å²) in [5, 5.41) is 0. The number of nitrogens with zero attached hydrogens (tertiary/aromatic N) is 1. The summed E-state index contributed by atoms with van der Waals surface area (Å²) in [7, 11) is 0. The van der Waals surface area contributed by atoms with Crippen LogP contribution >= 0.6 is 11.8 Å². The zero-order chi connectivity index (χ0) is 16.7. The third-order valence-corrected chi connectivity index (χ3v) is 5.52. The van der Waals surface area contributed by atoms with Crippen LogP contribution in [0.25, 0.3) is 0 Å². The molecular formula is C22H21NS. The fourth-order valence-corrected chi connectivity index (χ4v) is 4.18. The Bertz CT molecular complexity index is 878. The normalized spacial score (nSPS) is 13.4. The van der Waals surface area contributed by atoms with E-state index >= 15 is 0 Å². The van der Waals surface area contributed by atoms with E-state index in [4.69, 9.17) is 0 Å². The van der Waals surface area contributed by atoms with E-state index in [0.717, 1.165) is 0 Å². The SMILES string of the molecule is CC(C)(C)c1ccc2c(c1)Sc1ccccc1N2c1ccccc1. The van der Waals surface area contributed by atoms with Crippen LogP contribution < -0.4 is 4.90 Å². The maximum atomic E-state index is 2.37. The minimum absolute atomic E-state index is 0.157. The molecular weight excluding hydrogens is 310 g/mol. The van der Waals surface area contributed by atoms with Crippen LogP contribution in [0.1, 0.15) is 26.3 Å². The molecule has 0 bridgehead atoms. The van der Waals surface area contributed by atoms with Crippen LogP contribution in [-0.4, -0.2) is 0 Å². The van der Waals surface area contributed by atoms with Crippen molar-refractivity contribution in [1.29, 1.82) is 0 Å². The lowest BCUT2D eigenvalue weighted by Crippen LogP contribution is -2.16. The van der Waals surface area contributed by atoms with Gasteiger partial charge < -0.3 is 4.90 Å². The van der Waals surface area contributed by atoms with Gasteiger partial charge >= 0.3 is 0 Å². The molecule has 24 heavy (non-hydrogen) atoms. The van der Waals surface area contributed by atoms with Crippen molar-refractivity contribution in [2.75, 3.05) is 4.90 Å². The standard InChI is InChI=1S/C22H21NS/c1-22(2,3)16-13-14-19-21(15-16)24-20-12-8-7-11-18(20)23(19)17-9-5-4-6-10-17/h4-15H,1-3H3. The molecule has 1 aliphatic heterocycles. The largest absolute Gasteiger partial charge is 0.308 e. The number of hydrogen-bond donors (Lipinski definition) is 0. The van der Waals surface area contributed by atoms with E-state index in [2.05, 4.69) is 98.5 Å². The summed E-state index contributed by atoms with van der Waals surface area (Å²) in [6.07, 6.45) is 0.